The Morgan fingerprint density at radius 3 is 2.72 bits per heavy atom. The second-order valence-corrected chi connectivity index (χ2v) is 3.47. The number of nitriles is 1. The lowest BCUT2D eigenvalue weighted by Gasteiger charge is -2.07. The Bertz CT molecular complexity index is 638. The van der Waals surface area contributed by atoms with Gasteiger partial charge in [-0.2, -0.15) is 10.2 Å². The number of hydrogen-bond donors (Lipinski definition) is 0. The largest absolute Gasteiger partial charge is 0.424 e. The van der Waals surface area contributed by atoms with Gasteiger partial charge in [-0.25, -0.2) is 13.8 Å². The lowest BCUT2D eigenvalue weighted by atomic mass is 10.2. The van der Waals surface area contributed by atoms with E-state index in [0.717, 1.165) is 12.1 Å². The zero-order chi connectivity index (χ0) is 13.1. The number of aromatic nitrogens is 2. The zero-order valence-corrected chi connectivity index (χ0v) is 9.32. The van der Waals surface area contributed by atoms with Crippen molar-refractivity contribution in [1.82, 2.24) is 9.97 Å². The van der Waals surface area contributed by atoms with Crippen molar-refractivity contribution < 1.29 is 13.5 Å². The quantitative estimate of drug-likeness (QED) is 0.818. The van der Waals surface area contributed by atoms with E-state index in [1.165, 1.54) is 12.3 Å². The van der Waals surface area contributed by atoms with E-state index in [9.17, 15) is 8.78 Å². The third-order valence-electron chi connectivity index (χ3n) is 2.17. The standard InChI is InChI=1S/C12H7F2N3O/c1-7-4-9(13)10(14)5-11(7)18-12-16-3-2-8(6-15)17-12/h2-5H,1H3. The third kappa shape index (κ3) is 2.40. The summed E-state index contributed by atoms with van der Waals surface area (Å²) in [5, 5.41) is 8.66. The lowest BCUT2D eigenvalue weighted by Crippen LogP contribution is -1.96. The summed E-state index contributed by atoms with van der Waals surface area (Å²) in [6, 6.07) is 5.06. The predicted octanol–water partition coefficient (Wildman–Crippen LogP) is 2.73. The Hall–Kier alpha value is -2.55. The molecular weight excluding hydrogens is 240 g/mol. The van der Waals surface area contributed by atoms with Gasteiger partial charge < -0.3 is 4.74 Å². The van der Waals surface area contributed by atoms with E-state index in [2.05, 4.69) is 9.97 Å². The molecule has 0 saturated heterocycles. The van der Waals surface area contributed by atoms with Crippen molar-refractivity contribution in [2.24, 2.45) is 0 Å². The fraction of sp³-hybridized carbons (Fsp3) is 0.0833. The number of aryl methyl sites for hydroxylation is 1. The highest BCUT2D eigenvalue weighted by Gasteiger charge is 2.10. The van der Waals surface area contributed by atoms with Gasteiger partial charge in [0.1, 0.15) is 17.5 Å². The van der Waals surface area contributed by atoms with Crippen molar-refractivity contribution >= 4 is 0 Å². The average molecular weight is 247 g/mol. The first-order valence-electron chi connectivity index (χ1n) is 4.97. The monoisotopic (exact) mass is 247 g/mol. The van der Waals surface area contributed by atoms with Gasteiger partial charge in [-0.1, -0.05) is 0 Å². The summed E-state index contributed by atoms with van der Waals surface area (Å²) in [5.41, 5.74) is 0.528. The first-order valence-corrected chi connectivity index (χ1v) is 4.97. The molecule has 0 saturated carbocycles. The molecule has 1 aromatic carbocycles. The summed E-state index contributed by atoms with van der Waals surface area (Å²) < 4.78 is 31.2. The van der Waals surface area contributed by atoms with Gasteiger partial charge in [0.2, 0.25) is 0 Å². The molecule has 1 aromatic heterocycles. The highest BCUT2D eigenvalue weighted by atomic mass is 19.2. The van der Waals surface area contributed by atoms with Gasteiger partial charge in [0.25, 0.3) is 0 Å². The van der Waals surface area contributed by atoms with Crippen LogP contribution in [0.3, 0.4) is 0 Å². The minimum absolute atomic E-state index is 0.0943. The number of ether oxygens (including phenoxy) is 1. The van der Waals surface area contributed by atoms with Crippen LogP contribution in [0.25, 0.3) is 0 Å². The van der Waals surface area contributed by atoms with Crippen LogP contribution in [0, 0.1) is 29.9 Å². The molecule has 90 valence electrons. The van der Waals surface area contributed by atoms with E-state index in [-0.39, 0.29) is 17.5 Å². The predicted molar refractivity (Wildman–Crippen MR) is 57.9 cm³/mol. The minimum atomic E-state index is -1.02. The van der Waals surface area contributed by atoms with Gasteiger partial charge in [0.15, 0.2) is 11.6 Å². The second-order valence-electron chi connectivity index (χ2n) is 3.47. The molecule has 0 bridgehead atoms. The zero-order valence-electron chi connectivity index (χ0n) is 9.32. The summed E-state index contributed by atoms with van der Waals surface area (Å²) in [5.74, 6) is -1.87. The Labute approximate surface area is 101 Å². The molecule has 1 heterocycles. The van der Waals surface area contributed by atoms with Crippen LogP contribution in [-0.2, 0) is 0 Å². The van der Waals surface area contributed by atoms with Crippen LogP contribution in [0.5, 0.6) is 11.8 Å². The molecule has 18 heavy (non-hydrogen) atoms. The van der Waals surface area contributed by atoms with E-state index in [1.807, 2.05) is 6.07 Å². The molecule has 2 rings (SSSR count). The number of rotatable bonds is 2. The number of hydrogen-bond acceptors (Lipinski definition) is 4. The van der Waals surface area contributed by atoms with Crippen LogP contribution in [-0.4, -0.2) is 9.97 Å². The van der Waals surface area contributed by atoms with E-state index in [1.54, 1.807) is 6.92 Å². The number of benzene rings is 1. The summed E-state index contributed by atoms with van der Waals surface area (Å²) in [6.07, 6.45) is 1.34. The van der Waals surface area contributed by atoms with Gasteiger partial charge in [-0.3, -0.25) is 0 Å². The Morgan fingerprint density at radius 1 is 1.28 bits per heavy atom. The molecule has 0 N–H and O–H groups in total. The SMILES string of the molecule is Cc1cc(F)c(F)cc1Oc1nccc(C#N)n1. The summed E-state index contributed by atoms with van der Waals surface area (Å²) in [4.78, 5) is 7.54. The number of nitrogens with zero attached hydrogens (tertiary/aromatic N) is 3. The van der Waals surface area contributed by atoms with Crippen LogP contribution in [0.1, 0.15) is 11.3 Å². The van der Waals surface area contributed by atoms with Gasteiger partial charge in [0, 0.05) is 12.3 Å². The van der Waals surface area contributed by atoms with Crippen molar-refractivity contribution in [3.63, 3.8) is 0 Å². The second kappa shape index (κ2) is 4.75. The average Bonchev–Trinajstić information content (AvgIpc) is 2.36. The van der Waals surface area contributed by atoms with Crippen LogP contribution >= 0.6 is 0 Å². The van der Waals surface area contributed by atoms with Gasteiger partial charge in [0.05, 0.1) is 0 Å². The van der Waals surface area contributed by atoms with E-state index < -0.39 is 11.6 Å². The van der Waals surface area contributed by atoms with Gasteiger partial charge in [-0.15, -0.1) is 0 Å². The number of halogens is 2. The van der Waals surface area contributed by atoms with Gasteiger partial charge >= 0.3 is 6.01 Å². The molecule has 0 unspecified atom stereocenters. The molecular formula is C12H7F2N3O. The molecule has 2 aromatic rings. The molecule has 6 heteroatoms. The molecule has 0 atom stereocenters. The fourth-order valence-electron chi connectivity index (χ4n) is 1.29. The van der Waals surface area contributed by atoms with E-state index >= 15 is 0 Å². The Balaban J connectivity index is 2.34. The highest BCUT2D eigenvalue weighted by Crippen LogP contribution is 2.25. The first-order chi connectivity index (χ1) is 8.60. The molecule has 0 amide bonds. The van der Waals surface area contributed by atoms with E-state index in [4.69, 9.17) is 10.00 Å². The van der Waals surface area contributed by atoms with Crippen LogP contribution in [0.15, 0.2) is 24.4 Å². The van der Waals surface area contributed by atoms with Crippen molar-refractivity contribution in [1.29, 1.82) is 5.26 Å². The minimum Gasteiger partial charge on any atom is -0.424 e. The van der Waals surface area contributed by atoms with Crippen molar-refractivity contribution in [3.05, 3.63) is 47.3 Å². The molecule has 0 aliphatic carbocycles. The molecule has 0 aliphatic heterocycles. The topological polar surface area (TPSA) is 58.8 Å². The molecule has 4 nitrogen and oxygen atoms in total. The summed E-state index contributed by atoms with van der Waals surface area (Å²) in [7, 11) is 0. The first kappa shape index (κ1) is 11.9. The summed E-state index contributed by atoms with van der Waals surface area (Å²) >= 11 is 0. The van der Waals surface area contributed by atoms with Crippen molar-refractivity contribution in [2.45, 2.75) is 6.92 Å². The Kier molecular flexibility index (Phi) is 3.15. The normalized spacial score (nSPS) is 9.89. The maximum Gasteiger partial charge on any atom is 0.323 e. The highest BCUT2D eigenvalue weighted by molar-refractivity contribution is 5.35. The Morgan fingerprint density at radius 2 is 2.00 bits per heavy atom. The smallest absolute Gasteiger partial charge is 0.323 e. The molecule has 0 radical (unpaired) electrons. The fourth-order valence-corrected chi connectivity index (χ4v) is 1.29. The van der Waals surface area contributed by atoms with Crippen LogP contribution in [0.2, 0.25) is 0 Å². The van der Waals surface area contributed by atoms with Gasteiger partial charge in [-0.05, 0) is 24.6 Å². The molecule has 0 fully saturated rings. The van der Waals surface area contributed by atoms with Crippen molar-refractivity contribution in [3.8, 4) is 17.8 Å². The van der Waals surface area contributed by atoms with Crippen LogP contribution in [0.4, 0.5) is 8.78 Å². The maximum atomic E-state index is 13.1. The molecule has 0 aliphatic rings. The lowest BCUT2D eigenvalue weighted by molar-refractivity contribution is 0.426. The molecule has 0 spiro atoms. The summed E-state index contributed by atoms with van der Waals surface area (Å²) in [6.45, 7) is 1.56. The maximum absolute atomic E-state index is 13.1. The van der Waals surface area contributed by atoms with Crippen LogP contribution < -0.4 is 4.74 Å². The van der Waals surface area contributed by atoms with E-state index in [0.29, 0.717) is 5.56 Å². The van der Waals surface area contributed by atoms with Crippen molar-refractivity contribution in [2.75, 3.05) is 0 Å². The third-order valence-corrected chi connectivity index (χ3v) is 2.17.